The van der Waals surface area contributed by atoms with Crippen molar-refractivity contribution in [3.8, 4) is 28.1 Å². The molecule has 0 aliphatic heterocycles. The summed E-state index contributed by atoms with van der Waals surface area (Å²) in [6.07, 6.45) is 0. The summed E-state index contributed by atoms with van der Waals surface area (Å²) in [5, 5.41) is 3.88. The third kappa shape index (κ3) is 4.32. The van der Waals surface area contributed by atoms with Gasteiger partial charge in [0.1, 0.15) is 15.5 Å². The summed E-state index contributed by atoms with van der Waals surface area (Å²) in [5.74, 6) is 0.544. The van der Waals surface area contributed by atoms with E-state index in [-0.39, 0.29) is 5.91 Å². The number of aromatic nitrogens is 1. The molecule has 2 heterocycles. The molecule has 5 nitrogen and oxygen atoms in total. The predicted octanol–water partition coefficient (Wildman–Crippen LogP) is 7.40. The van der Waals surface area contributed by atoms with Crippen molar-refractivity contribution in [2.45, 2.75) is 20.8 Å². The van der Waals surface area contributed by atoms with Crippen molar-refractivity contribution in [3.63, 3.8) is 0 Å². The molecular weight excluding hydrogens is 466 g/mol. The number of nitrogens with two attached hydrogens (primary N) is 1. The van der Waals surface area contributed by atoms with E-state index >= 15 is 0 Å². The average Bonchev–Trinajstić information content (AvgIpc) is 3.22. The Kier molecular flexibility index (Phi) is 6.20. The summed E-state index contributed by atoms with van der Waals surface area (Å²) < 4.78 is 5.34. The number of amides is 1. The van der Waals surface area contributed by atoms with Crippen LogP contribution >= 0.6 is 11.3 Å². The molecule has 0 saturated heterocycles. The van der Waals surface area contributed by atoms with Gasteiger partial charge in [-0.15, -0.1) is 11.3 Å². The lowest BCUT2D eigenvalue weighted by molar-refractivity contribution is 0.103. The third-order valence-electron chi connectivity index (χ3n) is 6.29. The van der Waals surface area contributed by atoms with Crippen LogP contribution in [-0.4, -0.2) is 18.0 Å². The van der Waals surface area contributed by atoms with Crippen LogP contribution in [-0.2, 0) is 0 Å². The van der Waals surface area contributed by atoms with E-state index in [1.54, 1.807) is 7.11 Å². The highest BCUT2D eigenvalue weighted by Gasteiger charge is 2.22. The molecule has 0 fully saturated rings. The van der Waals surface area contributed by atoms with Crippen LogP contribution in [0.2, 0.25) is 0 Å². The maximum Gasteiger partial charge on any atom is 0.267 e. The number of carbonyl (C=O) groups is 1. The van der Waals surface area contributed by atoms with Gasteiger partial charge in [-0.05, 0) is 61.2 Å². The first-order chi connectivity index (χ1) is 17.4. The lowest BCUT2D eigenvalue weighted by Gasteiger charge is -2.12. The smallest absolute Gasteiger partial charge is 0.267 e. The van der Waals surface area contributed by atoms with E-state index in [9.17, 15) is 4.79 Å². The largest absolute Gasteiger partial charge is 0.497 e. The van der Waals surface area contributed by atoms with Crippen molar-refractivity contribution in [1.82, 2.24) is 4.98 Å². The molecule has 180 valence electrons. The number of thiophene rings is 1. The van der Waals surface area contributed by atoms with Gasteiger partial charge in [-0.2, -0.15) is 0 Å². The van der Waals surface area contributed by atoms with Gasteiger partial charge < -0.3 is 15.8 Å². The number of pyridine rings is 1. The van der Waals surface area contributed by atoms with Gasteiger partial charge >= 0.3 is 0 Å². The van der Waals surface area contributed by atoms with Gasteiger partial charge in [0.15, 0.2) is 0 Å². The molecule has 3 N–H and O–H groups in total. The van der Waals surface area contributed by atoms with Gasteiger partial charge in [-0.3, -0.25) is 4.79 Å². The van der Waals surface area contributed by atoms with E-state index in [2.05, 4.69) is 17.4 Å². The Morgan fingerprint density at radius 2 is 1.58 bits per heavy atom. The normalized spacial score (nSPS) is 11.0. The summed E-state index contributed by atoms with van der Waals surface area (Å²) >= 11 is 1.32. The Morgan fingerprint density at radius 1 is 0.917 bits per heavy atom. The molecule has 5 rings (SSSR count). The van der Waals surface area contributed by atoms with Gasteiger partial charge in [0.25, 0.3) is 5.91 Å². The van der Waals surface area contributed by atoms with Crippen LogP contribution in [0.4, 0.5) is 11.4 Å². The lowest BCUT2D eigenvalue weighted by atomic mass is 9.99. The molecule has 5 aromatic rings. The van der Waals surface area contributed by atoms with Gasteiger partial charge in [0, 0.05) is 16.6 Å². The summed E-state index contributed by atoms with van der Waals surface area (Å²) in [6.45, 7) is 6.05. The van der Waals surface area contributed by atoms with Crippen molar-refractivity contribution in [2.24, 2.45) is 0 Å². The molecule has 0 aliphatic carbocycles. The summed E-state index contributed by atoms with van der Waals surface area (Å²) in [6, 6.07) is 24.0. The van der Waals surface area contributed by atoms with Crippen LogP contribution in [0.15, 0.2) is 72.8 Å². The van der Waals surface area contributed by atoms with E-state index in [0.29, 0.717) is 10.6 Å². The van der Waals surface area contributed by atoms with Crippen LogP contribution < -0.4 is 15.8 Å². The summed E-state index contributed by atoms with van der Waals surface area (Å²) in [4.78, 5) is 19.6. The Hall–Kier alpha value is -4.16. The Bertz CT molecular complexity index is 1570. The van der Waals surface area contributed by atoms with Crippen molar-refractivity contribution in [2.75, 3.05) is 18.2 Å². The number of hydrogen-bond acceptors (Lipinski definition) is 5. The first-order valence-corrected chi connectivity index (χ1v) is 12.5. The third-order valence-corrected chi connectivity index (χ3v) is 7.39. The van der Waals surface area contributed by atoms with Gasteiger partial charge in [0.05, 0.1) is 18.5 Å². The second-order valence-corrected chi connectivity index (χ2v) is 9.90. The number of carbonyl (C=O) groups excluding carboxylic acids is 1. The van der Waals surface area contributed by atoms with E-state index in [4.69, 9.17) is 15.5 Å². The standard InChI is InChI=1S/C30H27N3O2S/c1-17-14-18(2)27(19(3)15-17)33-29(34)28-26(31)25-23(20-10-12-22(35-4)13-11-20)16-24(32-30(25)36-28)21-8-6-5-7-9-21/h5-16H,31H2,1-4H3,(H,33,34). The fourth-order valence-corrected chi connectivity index (χ4v) is 5.61. The molecule has 1 amide bonds. The number of methoxy groups -OCH3 is 1. The number of anilines is 2. The SMILES string of the molecule is COc1ccc(-c2cc(-c3ccccc3)nc3sc(C(=O)Nc4c(C)cc(C)cc4C)c(N)c23)cc1. The molecule has 6 heteroatoms. The fraction of sp³-hybridized carbons (Fsp3) is 0.133. The second-order valence-electron chi connectivity index (χ2n) is 8.90. The molecule has 2 aromatic heterocycles. The quantitative estimate of drug-likeness (QED) is 0.267. The average molecular weight is 494 g/mol. The Balaban J connectivity index is 1.66. The van der Waals surface area contributed by atoms with Crippen LogP contribution in [0.1, 0.15) is 26.4 Å². The van der Waals surface area contributed by atoms with Crippen molar-refractivity contribution in [3.05, 3.63) is 94.4 Å². The summed E-state index contributed by atoms with van der Waals surface area (Å²) in [5.41, 5.74) is 14.8. The zero-order valence-corrected chi connectivity index (χ0v) is 21.5. The van der Waals surface area contributed by atoms with Crippen LogP contribution in [0.3, 0.4) is 0 Å². The molecular formula is C30H27N3O2S. The minimum absolute atomic E-state index is 0.229. The number of ether oxygens (including phenoxy) is 1. The maximum atomic E-state index is 13.5. The molecule has 0 atom stereocenters. The molecule has 0 saturated carbocycles. The number of nitrogens with zero attached hydrogens (tertiary/aromatic N) is 1. The molecule has 36 heavy (non-hydrogen) atoms. The van der Waals surface area contributed by atoms with Gasteiger partial charge in [-0.1, -0.05) is 60.2 Å². The molecule has 0 aliphatic rings. The number of benzene rings is 3. The second kappa shape index (κ2) is 9.47. The lowest BCUT2D eigenvalue weighted by Crippen LogP contribution is -2.14. The predicted molar refractivity (Wildman–Crippen MR) is 150 cm³/mol. The minimum Gasteiger partial charge on any atom is -0.497 e. The molecule has 0 unspecified atom stereocenters. The molecule has 0 spiro atoms. The number of hydrogen-bond donors (Lipinski definition) is 2. The van der Waals surface area contributed by atoms with Crippen molar-refractivity contribution >= 4 is 38.8 Å². The highest BCUT2D eigenvalue weighted by molar-refractivity contribution is 7.21. The zero-order valence-electron chi connectivity index (χ0n) is 20.7. The number of aryl methyl sites for hydroxylation is 3. The number of rotatable bonds is 5. The topological polar surface area (TPSA) is 77.2 Å². The number of fused-ring (bicyclic) bond motifs is 1. The van der Waals surface area contributed by atoms with Crippen LogP contribution in [0.5, 0.6) is 5.75 Å². The molecule has 0 radical (unpaired) electrons. The monoisotopic (exact) mass is 493 g/mol. The van der Waals surface area contributed by atoms with Gasteiger partial charge in [-0.25, -0.2) is 4.98 Å². The van der Waals surface area contributed by atoms with E-state index in [0.717, 1.165) is 60.7 Å². The maximum absolute atomic E-state index is 13.5. The highest BCUT2D eigenvalue weighted by Crippen LogP contribution is 2.42. The van der Waals surface area contributed by atoms with E-state index < -0.39 is 0 Å². The highest BCUT2D eigenvalue weighted by atomic mass is 32.1. The number of nitrogen functional groups attached to an aromatic ring is 1. The van der Waals surface area contributed by atoms with Crippen molar-refractivity contribution in [1.29, 1.82) is 0 Å². The first kappa shape index (κ1) is 23.6. The minimum atomic E-state index is -0.229. The van der Waals surface area contributed by atoms with Gasteiger partial charge in [0.2, 0.25) is 0 Å². The van der Waals surface area contributed by atoms with Crippen LogP contribution in [0.25, 0.3) is 32.6 Å². The van der Waals surface area contributed by atoms with E-state index in [1.165, 1.54) is 11.3 Å². The molecule has 3 aromatic carbocycles. The zero-order chi connectivity index (χ0) is 25.4. The van der Waals surface area contributed by atoms with Crippen molar-refractivity contribution < 1.29 is 9.53 Å². The van der Waals surface area contributed by atoms with Crippen LogP contribution in [0, 0.1) is 20.8 Å². The van der Waals surface area contributed by atoms with E-state index in [1.807, 2.05) is 81.4 Å². The fourth-order valence-electron chi connectivity index (χ4n) is 4.59. The Morgan fingerprint density at radius 3 is 2.22 bits per heavy atom. The Labute approximate surface area is 214 Å². The number of nitrogens with one attached hydrogen (secondary N) is 1. The molecule has 0 bridgehead atoms. The summed E-state index contributed by atoms with van der Waals surface area (Å²) in [7, 11) is 1.65. The first-order valence-electron chi connectivity index (χ1n) is 11.7.